The lowest BCUT2D eigenvalue weighted by Gasteiger charge is -2.30. The molecule has 1 saturated heterocycles. The quantitative estimate of drug-likeness (QED) is 0.597. The molecule has 0 spiro atoms. The summed E-state index contributed by atoms with van der Waals surface area (Å²) in [4.78, 5) is 26.9. The van der Waals surface area contributed by atoms with Gasteiger partial charge >= 0.3 is 0 Å². The zero-order chi connectivity index (χ0) is 23.8. The number of fused-ring (bicyclic) bond motifs is 2. The zero-order valence-electron chi connectivity index (χ0n) is 18.8. The summed E-state index contributed by atoms with van der Waals surface area (Å²) in [5, 5.41) is 0. The van der Waals surface area contributed by atoms with Gasteiger partial charge in [0.15, 0.2) is 5.65 Å². The maximum absolute atomic E-state index is 14.9. The molecular weight excluding hydrogens is 440 g/mol. The molecule has 2 unspecified atom stereocenters. The average molecular weight is 466 g/mol. The van der Waals surface area contributed by atoms with Gasteiger partial charge in [-0.2, -0.15) is 0 Å². The summed E-state index contributed by atoms with van der Waals surface area (Å²) in [5.41, 5.74) is 9.04. The minimum atomic E-state index is -0.751. The summed E-state index contributed by atoms with van der Waals surface area (Å²) in [7, 11) is 1.66. The monoisotopic (exact) mass is 465 g/mol. The van der Waals surface area contributed by atoms with E-state index in [1.54, 1.807) is 19.5 Å². The number of hydrogen-bond acceptors (Lipinski definition) is 6. The Kier molecular flexibility index (Phi) is 5.95. The SMILES string of the molecule is CN=C/C(=C\N)C1CC(c2cn3c(=O)c4c(nc3c(-c3ccc(F)cc3F)n2)CCC4)CCO1. The summed E-state index contributed by atoms with van der Waals surface area (Å²) in [6.45, 7) is 0.474. The molecule has 2 aromatic heterocycles. The largest absolute Gasteiger partial charge is 0.404 e. The summed E-state index contributed by atoms with van der Waals surface area (Å²) in [6.07, 6.45) is 8.05. The number of nitrogens with zero attached hydrogens (tertiary/aromatic N) is 4. The Morgan fingerprint density at radius 3 is 2.91 bits per heavy atom. The second-order valence-corrected chi connectivity index (χ2v) is 8.66. The van der Waals surface area contributed by atoms with Gasteiger partial charge in [-0.05, 0) is 44.2 Å². The van der Waals surface area contributed by atoms with Crippen molar-refractivity contribution < 1.29 is 13.5 Å². The number of hydrogen-bond donors (Lipinski definition) is 1. The van der Waals surface area contributed by atoms with Crippen molar-refractivity contribution in [2.24, 2.45) is 10.7 Å². The van der Waals surface area contributed by atoms with Crippen LogP contribution in [0.1, 0.15) is 42.1 Å². The first-order chi connectivity index (χ1) is 16.5. The Hall–Kier alpha value is -3.46. The van der Waals surface area contributed by atoms with Gasteiger partial charge in [-0.3, -0.25) is 14.2 Å². The fourth-order valence-corrected chi connectivity index (χ4v) is 4.87. The molecule has 34 heavy (non-hydrogen) atoms. The molecule has 0 saturated carbocycles. The van der Waals surface area contributed by atoms with Gasteiger partial charge in [-0.15, -0.1) is 0 Å². The Labute approximate surface area is 195 Å². The molecule has 9 heteroatoms. The maximum atomic E-state index is 14.9. The molecule has 176 valence electrons. The highest BCUT2D eigenvalue weighted by Gasteiger charge is 2.29. The van der Waals surface area contributed by atoms with E-state index in [0.717, 1.165) is 23.8 Å². The van der Waals surface area contributed by atoms with Gasteiger partial charge in [0.1, 0.15) is 17.3 Å². The number of aromatic nitrogens is 3. The van der Waals surface area contributed by atoms with Gasteiger partial charge in [0.25, 0.3) is 5.56 Å². The molecule has 2 aliphatic rings. The molecule has 0 amide bonds. The lowest BCUT2D eigenvalue weighted by Crippen LogP contribution is -2.29. The summed E-state index contributed by atoms with van der Waals surface area (Å²) >= 11 is 0. The number of benzene rings is 1. The molecule has 0 bridgehead atoms. The van der Waals surface area contributed by atoms with E-state index in [0.29, 0.717) is 43.5 Å². The van der Waals surface area contributed by atoms with E-state index >= 15 is 0 Å². The molecule has 7 nitrogen and oxygen atoms in total. The minimum Gasteiger partial charge on any atom is -0.404 e. The number of rotatable bonds is 4. The van der Waals surface area contributed by atoms with Crippen LogP contribution >= 0.6 is 0 Å². The second kappa shape index (κ2) is 9.06. The number of nitrogens with two attached hydrogens (primary N) is 1. The van der Waals surface area contributed by atoms with Crippen molar-refractivity contribution >= 4 is 11.9 Å². The van der Waals surface area contributed by atoms with Crippen molar-refractivity contribution in [2.75, 3.05) is 13.7 Å². The van der Waals surface area contributed by atoms with Crippen LogP contribution in [0, 0.1) is 11.6 Å². The van der Waals surface area contributed by atoms with E-state index in [4.69, 9.17) is 20.4 Å². The van der Waals surface area contributed by atoms with Crippen LogP contribution in [0.25, 0.3) is 16.9 Å². The number of ether oxygens (including phenoxy) is 1. The lowest BCUT2D eigenvalue weighted by molar-refractivity contribution is 0.0320. The molecule has 1 aliphatic carbocycles. The van der Waals surface area contributed by atoms with Gasteiger partial charge < -0.3 is 10.5 Å². The van der Waals surface area contributed by atoms with Crippen molar-refractivity contribution in [2.45, 2.75) is 44.1 Å². The van der Waals surface area contributed by atoms with Gasteiger partial charge in [-0.25, -0.2) is 18.7 Å². The molecule has 0 radical (unpaired) electrons. The Morgan fingerprint density at radius 2 is 2.15 bits per heavy atom. The molecule has 1 aromatic carbocycles. The van der Waals surface area contributed by atoms with E-state index in [1.165, 1.54) is 22.7 Å². The topological polar surface area (TPSA) is 94.9 Å². The smallest absolute Gasteiger partial charge is 0.261 e. The van der Waals surface area contributed by atoms with Crippen LogP contribution in [0.5, 0.6) is 0 Å². The van der Waals surface area contributed by atoms with Crippen molar-refractivity contribution in [3.05, 3.63) is 75.1 Å². The van der Waals surface area contributed by atoms with Gasteiger partial charge in [0.05, 0.1) is 17.5 Å². The van der Waals surface area contributed by atoms with Crippen LogP contribution in [0.4, 0.5) is 8.78 Å². The van der Waals surface area contributed by atoms with E-state index in [9.17, 15) is 13.6 Å². The number of halogens is 2. The Bertz CT molecular complexity index is 1380. The van der Waals surface area contributed by atoms with Crippen molar-refractivity contribution in [3.63, 3.8) is 0 Å². The molecule has 1 fully saturated rings. The lowest BCUT2D eigenvalue weighted by atomic mass is 9.89. The molecule has 3 aromatic rings. The molecule has 2 atom stereocenters. The third-order valence-corrected chi connectivity index (χ3v) is 6.58. The fraction of sp³-hybridized carbons (Fsp3) is 0.360. The van der Waals surface area contributed by atoms with Gasteiger partial charge in [0, 0.05) is 61.0 Å². The third kappa shape index (κ3) is 3.90. The summed E-state index contributed by atoms with van der Waals surface area (Å²) in [5.74, 6) is -1.50. The zero-order valence-corrected chi connectivity index (χ0v) is 18.8. The van der Waals surface area contributed by atoms with Crippen LogP contribution in [0.2, 0.25) is 0 Å². The standard InChI is InChI=1S/C25H25F2N5O2/c1-29-12-15(11-28)22-9-14(7-8-34-22)21-13-32-24(31-20-4-2-3-18(20)25(32)33)23(30-21)17-6-5-16(26)10-19(17)27/h5-6,10-14,22H,2-4,7-9,28H2,1H3/b15-11+,29-12?. The van der Waals surface area contributed by atoms with Crippen molar-refractivity contribution in [3.8, 4) is 11.3 Å². The van der Waals surface area contributed by atoms with Crippen LogP contribution in [-0.4, -0.2) is 40.3 Å². The van der Waals surface area contributed by atoms with E-state index in [1.807, 2.05) is 0 Å². The third-order valence-electron chi connectivity index (χ3n) is 6.58. The van der Waals surface area contributed by atoms with Gasteiger partial charge in [-0.1, -0.05) is 0 Å². The first-order valence-corrected chi connectivity index (χ1v) is 11.4. The predicted molar refractivity (Wildman–Crippen MR) is 125 cm³/mol. The number of aliphatic imine (C=N–C) groups is 1. The molecule has 3 heterocycles. The van der Waals surface area contributed by atoms with Crippen molar-refractivity contribution in [1.82, 2.24) is 14.4 Å². The summed E-state index contributed by atoms with van der Waals surface area (Å²) < 4.78 is 35.9. The van der Waals surface area contributed by atoms with Crippen LogP contribution in [0.3, 0.4) is 0 Å². The van der Waals surface area contributed by atoms with Crippen LogP contribution in [0.15, 0.2) is 46.0 Å². The normalized spacial score (nSPS) is 20.9. The predicted octanol–water partition coefficient (Wildman–Crippen LogP) is 3.33. The highest BCUT2D eigenvalue weighted by Crippen LogP contribution is 2.34. The van der Waals surface area contributed by atoms with Crippen LogP contribution in [-0.2, 0) is 17.6 Å². The highest BCUT2D eigenvalue weighted by atomic mass is 19.1. The van der Waals surface area contributed by atoms with E-state index in [2.05, 4.69) is 4.99 Å². The fourth-order valence-electron chi connectivity index (χ4n) is 4.87. The first kappa shape index (κ1) is 22.3. The highest BCUT2D eigenvalue weighted by molar-refractivity contribution is 5.79. The molecule has 5 rings (SSSR count). The molecule has 2 N–H and O–H groups in total. The minimum absolute atomic E-state index is 0.0641. The average Bonchev–Trinajstić information content (AvgIpc) is 3.32. The van der Waals surface area contributed by atoms with E-state index < -0.39 is 11.6 Å². The first-order valence-electron chi connectivity index (χ1n) is 11.4. The summed E-state index contributed by atoms with van der Waals surface area (Å²) in [6, 6.07) is 3.34. The Morgan fingerprint density at radius 1 is 1.29 bits per heavy atom. The van der Waals surface area contributed by atoms with E-state index in [-0.39, 0.29) is 34.5 Å². The molecular formula is C25H25F2N5O2. The van der Waals surface area contributed by atoms with Gasteiger partial charge in [0.2, 0.25) is 0 Å². The molecule has 1 aliphatic heterocycles. The Balaban J connectivity index is 1.68. The van der Waals surface area contributed by atoms with Crippen LogP contribution < -0.4 is 11.3 Å². The second-order valence-electron chi connectivity index (χ2n) is 8.66. The number of aryl methyl sites for hydroxylation is 1. The van der Waals surface area contributed by atoms with Crippen molar-refractivity contribution in [1.29, 1.82) is 0 Å². The maximum Gasteiger partial charge on any atom is 0.261 e.